The fraction of sp³-hybridized carbons (Fsp3) is 0.167. The van der Waals surface area contributed by atoms with Gasteiger partial charge in [0, 0.05) is 11.9 Å². The molecule has 0 spiro atoms. The second-order valence-electron chi connectivity index (χ2n) is 2.38. The molecule has 1 nitrogen and oxygen atoms in total. The summed E-state index contributed by atoms with van der Waals surface area (Å²) in [6.45, 7) is -4.93. The average Bonchev–Trinajstić information content (AvgIpc) is 1.82. The van der Waals surface area contributed by atoms with Crippen LogP contribution in [0.1, 0.15) is 5.69 Å². The number of pyridine rings is 1. The molecule has 7 heteroatoms. The van der Waals surface area contributed by atoms with E-state index >= 15 is 0 Å². The molecule has 0 aliphatic rings. The van der Waals surface area contributed by atoms with Gasteiger partial charge in [0.25, 0.3) is 0 Å². The molecule has 13 heavy (non-hydrogen) atoms. The Morgan fingerprint density at radius 1 is 1.31 bits per heavy atom. The molecule has 0 saturated carbocycles. The predicted octanol–water partition coefficient (Wildman–Crippen LogP) is -0.846. The van der Waals surface area contributed by atoms with Gasteiger partial charge in [0.15, 0.2) is 0 Å². The van der Waals surface area contributed by atoms with Gasteiger partial charge in [-0.3, -0.25) is 4.98 Å². The molecule has 1 rings (SSSR count). The van der Waals surface area contributed by atoms with Crippen LogP contribution in [0, 0.1) is 5.82 Å². The summed E-state index contributed by atoms with van der Waals surface area (Å²) in [4.78, 5) is 3.38. The number of hydrogen-bond acceptors (Lipinski definition) is 1. The van der Waals surface area contributed by atoms with Gasteiger partial charge >= 0.3 is 58.4 Å². The summed E-state index contributed by atoms with van der Waals surface area (Å²) in [5.74, 6) is -0.694. The fourth-order valence-corrected chi connectivity index (χ4v) is 0.798. The van der Waals surface area contributed by atoms with E-state index in [4.69, 9.17) is 0 Å². The molecule has 1 aromatic heterocycles. The van der Waals surface area contributed by atoms with Crippen molar-refractivity contribution >= 4 is 6.98 Å². The Morgan fingerprint density at radius 3 is 2.38 bits per heavy atom. The molecular weight excluding hydrogens is 212 g/mol. The van der Waals surface area contributed by atoms with Crippen LogP contribution < -0.4 is 51.4 Å². The normalized spacial score (nSPS) is 10.8. The van der Waals surface area contributed by atoms with Crippen molar-refractivity contribution in [2.45, 2.75) is 6.32 Å². The maximum atomic E-state index is 12.3. The van der Waals surface area contributed by atoms with Crippen molar-refractivity contribution in [1.29, 1.82) is 0 Å². The van der Waals surface area contributed by atoms with Crippen molar-refractivity contribution in [2.75, 3.05) is 0 Å². The van der Waals surface area contributed by atoms with Crippen molar-refractivity contribution in [3.8, 4) is 0 Å². The predicted molar refractivity (Wildman–Crippen MR) is 37.0 cm³/mol. The van der Waals surface area contributed by atoms with Gasteiger partial charge in [-0.1, -0.05) is 0 Å². The molecule has 0 atom stereocenters. The van der Waals surface area contributed by atoms with E-state index in [9.17, 15) is 17.3 Å². The Kier molecular flexibility index (Phi) is 5.69. The van der Waals surface area contributed by atoms with Crippen LogP contribution in [0.5, 0.6) is 0 Å². The van der Waals surface area contributed by atoms with Gasteiger partial charge in [-0.05, 0) is 18.5 Å². The summed E-state index contributed by atoms with van der Waals surface area (Å²) in [5, 5.41) is 0. The molecule has 0 unspecified atom stereocenters. The van der Waals surface area contributed by atoms with E-state index in [1.807, 2.05) is 0 Å². The Labute approximate surface area is 115 Å². The first-order chi connectivity index (χ1) is 5.47. The molecule has 0 N–H and O–H groups in total. The molecule has 0 amide bonds. The van der Waals surface area contributed by atoms with Crippen LogP contribution in [0.15, 0.2) is 18.3 Å². The van der Waals surface area contributed by atoms with Gasteiger partial charge in [0.05, 0.1) is 0 Å². The van der Waals surface area contributed by atoms with E-state index < -0.39 is 19.1 Å². The first kappa shape index (κ1) is 13.6. The van der Waals surface area contributed by atoms with Crippen LogP contribution >= 0.6 is 0 Å². The third kappa shape index (κ3) is 5.79. The van der Waals surface area contributed by atoms with Gasteiger partial charge in [-0.25, -0.2) is 4.39 Å². The third-order valence-corrected chi connectivity index (χ3v) is 1.22. The first-order valence-corrected chi connectivity index (χ1v) is 3.29. The molecule has 0 bridgehead atoms. The summed E-state index contributed by atoms with van der Waals surface area (Å²) >= 11 is 0. The van der Waals surface area contributed by atoms with Gasteiger partial charge in [-0.2, -0.15) is 0 Å². The van der Waals surface area contributed by atoms with Crippen molar-refractivity contribution in [3.63, 3.8) is 0 Å². The van der Waals surface area contributed by atoms with E-state index in [1.54, 1.807) is 0 Å². The maximum absolute atomic E-state index is 12.3. The molecular formula is C6H5BF4KN. The summed E-state index contributed by atoms with van der Waals surface area (Å²) in [6, 6.07) is 1.79. The zero-order valence-electron chi connectivity index (χ0n) is 6.98. The van der Waals surface area contributed by atoms with Crippen molar-refractivity contribution < 1.29 is 68.7 Å². The second-order valence-corrected chi connectivity index (χ2v) is 2.38. The SMILES string of the molecule is Fc1ccnc(C[B-](F)(F)F)c1.[K+]. The molecule has 0 radical (unpaired) electrons. The molecule has 1 heterocycles. The number of halogens is 4. The summed E-state index contributed by atoms with van der Waals surface area (Å²) in [6.07, 6.45) is -0.107. The minimum absolute atomic E-state index is 0. The van der Waals surface area contributed by atoms with Gasteiger partial charge in [0.1, 0.15) is 5.82 Å². The summed E-state index contributed by atoms with van der Waals surface area (Å²) < 4.78 is 47.7. The minimum atomic E-state index is -4.93. The molecule has 0 aliphatic carbocycles. The molecule has 0 saturated heterocycles. The average molecular weight is 217 g/mol. The smallest absolute Gasteiger partial charge is 0.449 e. The molecule has 1 aromatic rings. The molecule has 66 valence electrons. The van der Waals surface area contributed by atoms with Gasteiger partial charge in [0.2, 0.25) is 0 Å². The summed E-state index contributed by atoms with van der Waals surface area (Å²) in [7, 11) is 0. The number of rotatable bonds is 2. The van der Waals surface area contributed by atoms with Crippen LogP contribution in [-0.4, -0.2) is 12.0 Å². The Balaban J connectivity index is 0.00000144. The molecule has 0 fully saturated rings. The van der Waals surface area contributed by atoms with E-state index in [0.29, 0.717) is 0 Å². The third-order valence-electron chi connectivity index (χ3n) is 1.22. The molecule has 0 aliphatic heterocycles. The Hall–Kier alpha value is 0.571. The van der Waals surface area contributed by atoms with E-state index in [0.717, 1.165) is 18.3 Å². The zero-order chi connectivity index (χ0) is 9.19. The topological polar surface area (TPSA) is 12.9 Å². The Bertz CT molecular complexity index is 278. The van der Waals surface area contributed by atoms with Gasteiger partial charge in [-0.15, -0.1) is 0 Å². The van der Waals surface area contributed by atoms with Crippen LogP contribution in [0.25, 0.3) is 0 Å². The van der Waals surface area contributed by atoms with Crippen LogP contribution in [-0.2, 0) is 6.32 Å². The van der Waals surface area contributed by atoms with Crippen molar-refractivity contribution in [3.05, 3.63) is 29.8 Å². The first-order valence-electron chi connectivity index (χ1n) is 3.29. The van der Waals surface area contributed by atoms with E-state index in [2.05, 4.69) is 4.98 Å². The largest absolute Gasteiger partial charge is 1.00 e. The van der Waals surface area contributed by atoms with Gasteiger partial charge < -0.3 is 12.9 Å². The number of nitrogens with zero attached hydrogens (tertiary/aromatic N) is 1. The monoisotopic (exact) mass is 217 g/mol. The van der Waals surface area contributed by atoms with Crippen LogP contribution in [0.3, 0.4) is 0 Å². The van der Waals surface area contributed by atoms with E-state index in [1.165, 1.54) is 0 Å². The van der Waals surface area contributed by atoms with Crippen LogP contribution in [0.4, 0.5) is 17.3 Å². The minimum Gasteiger partial charge on any atom is -0.449 e. The summed E-state index contributed by atoms with van der Waals surface area (Å²) in [5.41, 5.74) is -0.275. The maximum Gasteiger partial charge on any atom is 1.00 e. The fourth-order valence-electron chi connectivity index (χ4n) is 0.798. The second kappa shape index (κ2) is 5.45. The van der Waals surface area contributed by atoms with Crippen molar-refractivity contribution in [1.82, 2.24) is 4.98 Å². The number of hydrogen-bond donors (Lipinski definition) is 0. The number of aromatic nitrogens is 1. The Morgan fingerprint density at radius 2 is 1.92 bits per heavy atom. The van der Waals surface area contributed by atoms with E-state index in [-0.39, 0.29) is 57.1 Å². The quantitative estimate of drug-likeness (QED) is 0.464. The van der Waals surface area contributed by atoms with Crippen LogP contribution in [0.2, 0.25) is 0 Å². The molecule has 0 aromatic carbocycles. The van der Waals surface area contributed by atoms with Crippen molar-refractivity contribution in [2.24, 2.45) is 0 Å². The standard InChI is InChI=1S/C6H5BF4N.K/c8-5-1-2-12-6(3-5)4-7(9,10)11;/h1-3H,4H2;/q-1;+1. The zero-order valence-corrected chi connectivity index (χ0v) is 10.1.